The Hall–Kier alpha value is -0.660. The van der Waals surface area contributed by atoms with E-state index < -0.39 is 21.4 Å². The summed E-state index contributed by atoms with van der Waals surface area (Å²) in [5, 5.41) is 9.16. The number of rotatable bonds is 7. The van der Waals surface area contributed by atoms with Gasteiger partial charge in [0.2, 0.25) is 10.0 Å². The van der Waals surface area contributed by atoms with Crippen LogP contribution in [0.4, 0.5) is 0 Å². The van der Waals surface area contributed by atoms with Crippen LogP contribution >= 0.6 is 0 Å². The minimum atomic E-state index is -3.48. The molecule has 1 N–H and O–H groups in total. The highest BCUT2D eigenvalue weighted by Gasteiger charge is 2.44. The second-order valence-corrected chi connectivity index (χ2v) is 8.23. The molecule has 2 unspecified atom stereocenters. The normalized spacial score (nSPS) is 26.1. The van der Waals surface area contributed by atoms with Crippen LogP contribution < -0.4 is 0 Å². The van der Waals surface area contributed by atoms with E-state index in [1.807, 2.05) is 13.8 Å². The Labute approximate surface area is 121 Å². The van der Waals surface area contributed by atoms with E-state index in [-0.39, 0.29) is 24.9 Å². The van der Waals surface area contributed by atoms with Gasteiger partial charge < -0.3 is 9.84 Å². The molecule has 0 aliphatic carbocycles. The van der Waals surface area contributed by atoms with Gasteiger partial charge in [-0.25, -0.2) is 12.7 Å². The van der Waals surface area contributed by atoms with Crippen molar-refractivity contribution in [2.45, 2.75) is 39.7 Å². The van der Waals surface area contributed by atoms with E-state index in [1.165, 1.54) is 11.4 Å². The zero-order chi connectivity index (χ0) is 15.6. The standard InChI is InChI=1S/C13H25NO5S/c1-10(2)7-11(19-4)8-20(17,18)14-6-5-13(3,9-14)12(15)16/h10-11H,5-9H2,1-4H3,(H,15,16). The first-order valence-corrected chi connectivity index (χ1v) is 8.45. The summed E-state index contributed by atoms with van der Waals surface area (Å²) in [6.45, 7) is 5.92. The number of aliphatic carboxylic acids is 1. The van der Waals surface area contributed by atoms with Crippen LogP contribution in [0, 0.1) is 11.3 Å². The number of methoxy groups -OCH3 is 1. The highest BCUT2D eigenvalue weighted by molar-refractivity contribution is 7.89. The van der Waals surface area contributed by atoms with Crippen molar-refractivity contribution in [2.24, 2.45) is 11.3 Å². The first kappa shape index (κ1) is 17.4. The molecule has 0 aromatic carbocycles. The summed E-state index contributed by atoms with van der Waals surface area (Å²) in [4.78, 5) is 11.2. The fourth-order valence-electron chi connectivity index (χ4n) is 2.43. The molecule has 0 bridgehead atoms. The van der Waals surface area contributed by atoms with Gasteiger partial charge in [0, 0.05) is 20.2 Å². The van der Waals surface area contributed by atoms with Gasteiger partial charge in [-0.3, -0.25) is 4.79 Å². The second-order valence-electron chi connectivity index (χ2n) is 6.22. The van der Waals surface area contributed by atoms with Gasteiger partial charge in [0.25, 0.3) is 0 Å². The van der Waals surface area contributed by atoms with E-state index in [2.05, 4.69) is 0 Å². The van der Waals surface area contributed by atoms with E-state index in [4.69, 9.17) is 9.84 Å². The van der Waals surface area contributed by atoms with Crippen molar-refractivity contribution in [1.29, 1.82) is 0 Å². The molecule has 2 atom stereocenters. The molecular formula is C13H25NO5S. The molecule has 7 heteroatoms. The van der Waals surface area contributed by atoms with Crippen molar-refractivity contribution in [3.63, 3.8) is 0 Å². The molecule has 0 spiro atoms. The lowest BCUT2D eigenvalue weighted by Crippen LogP contribution is -2.39. The van der Waals surface area contributed by atoms with Crippen LogP contribution in [0.1, 0.15) is 33.6 Å². The van der Waals surface area contributed by atoms with E-state index in [9.17, 15) is 13.2 Å². The molecule has 0 radical (unpaired) electrons. The van der Waals surface area contributed by atoms with Gasteiger partial charge in [-0.15, -0.1) is 0 Å². The topological polar surface area (TPSA) is 83.9 Å². The van der Waals surface area contributed by atoms with Gasteiger partial charge in [0.05, 0.1) is 17.3 Å². The summed E-state index contributed by atoms with van der Waals surface area (Å²) in [6.07, 6.45) is 0.667. The van der Waals surface area contributed by atoms with Gasteiger partial charge in [-0.2, -0.15) is 0 Å². The van der Waals surface area contributed by atoms with Gasteiger partial charge in [0.1, 0.15) is 0 Å². The Kier molecular flexibility index (Phi) is 5.57. The summed E-state index contributed by atoms with van der Waals surface area (Å²) in [5.41, 5.74) is -0.978. The largest absolute Gasteiger partial charge is 0.481 e. The minimum Gasteiger partial charge on any atom is -0.481 e. The maximum Gasteiger partial charge on any atom is 0.310 e. The first-order chi connectivity index (χ1) is 9.10. The summed E-state index contributed by atoms with van der Waals surface area (Å²) in [5.74, 6) is -0.684. The molecule has 0 aromatic rings. The third-order valence-electron chi connectivity index (χ3n) is 3.81. The lowest BCUT2D eigenvalue weighted by molar-refractivity contribution is -0.146. The highest BCUT2D eigenvalue weighted by atomic mass is 32.2. The number of sulfonamides is 1. The predicted octanol–water partition coefficient (Wildman–Crippen LogP) is 1.17. The van der Waals surface area contributed by atoms with Crippen LogP contribution in [-0.2, 0) is 19.6 Å². The molecule has 1 saturated heterocycles. The monoisotopic (exact) mass is 307 g/mol. The number of hydrogen-bond donors (Lipinski definition) is 1. The third kappa shape index (κ3) is 4.17. The van der Waals surface area contributed by atoms with Crippen LogP contribution in [0.5, 0.6) is 0 Å². The third-order valence-corrected chi connectivity index (χ3v) is 5.70. The smallest absolute Gasteiger partial charge is 0.310 e. The van der Waals surface area contributed by atoms with E-state index in [1.54, 1.807) is 6.92 Å². The van der Waals surface area contributed by atoms with Crippen LogP contribution in [0.2, 0.25) is 0 Å². The zero-order valence-corrected chi connectivity index (χ0v) is 13.4. The molecule has 0 amide bonds. The summed E-state index contributed by atoms with van der Waals surface area (Å²) in [7, 11) is -1.97. The van der Waals surface area contributed by atoms with Crippen LogP contribution in [0.3, 0.4) is 0 Å². The van der Waals surface area contributed by atoms with Crippen LogP contribution in [-0.4, -0.2) is 55.9 Å². The molecule has 1 fully saturated rings. The molecule has 0 saturated carbocycles. The molecule has 0 aromatic heterocycles. The quantitative estimate of drug-likeness (QED) is 0.763. The van der Waals surface area contributed by atoms with E-state index >= 15 is 0 Å². The van der Waals surface area contributed by atoms with Gasteiger partial charge >= 0.3 is 5.97 Å². The van der Waals surface area contributed by atoms with Gasteiger partial charge in [-0.05, 0) is 25.7 Å². The second kappa shape index (κ2) is 6.41. The van der Waals surface area contributed by atoms with Crippen molar-refractivity contribution < 1.29 is 23.1 Å². The Morgan fingerprint density at radius 3 is 2.45 bits per heavy atom. The maximum atomic E-state index is 12.3. The van der Waals surface area contributed by atoms with Gasteiger partial charge in [0.15, 0.2) is 0 Å². The molecule has 1 aliphatic rings. The van der Waals surface area contributed by atoms with E-state index in [0.29, 0.717) is 18.8 Å². The maximum absolute atomic E-state index is 12.3. The lowest BCUT2D eigenvalue weighted by atomic mass is 9.90. The van der Waals surface area contributed by atoms with Crippen molar-refractivity contribution in [1.82, 2.24) is 4.31 Å². The highest BCUT2D eigenvalue weighted by Crippen LogP contribution is 2.32. The summed E-state index contributed by atoms with van der Waals surface area (Å²) in [6, 6.07) is 0. The first-order valence-electron chi connectivity index (χ1n) is 6.85. The van der Waals surface area contributed by atoms with Crippen molar-refractivity contribution in [3.8, 4) is 0 Å². The average Bonchev–Trinajstić information content (AvgIpc) is 2.72. The molecule has 1 heterocycles. The fraction of sp³-hybridized carbons (Fsp3) is 0.923. The Balaban J connectivity index is 2.73. The average molecular weight is 307 g/mol. The summed E-state index contributed by atoms with van der Waals surface area (Å²) >= 11 is 0. The molecule has 20 heavy (non-hydrogen) atoms. The minimum absolute atomic E-state index is 0.0444. The number of carbonyl (C=O) groups is 1. The number of ether oxygens (including phenoxy) is 1. The van der Waals surface area contributed by atoms with E-state index in [0.717, 1.165) is 0 Å². The number of nitrogens with zero attached hydrogens (tertiary/aromatic N) is 1. The van der Waals surface area contributed by atoms with Crippen molar-refractivity contribution in [2.75, 3.05) is 26.0 Å². The Morgan fingerprint density at radius 2 is 2.05 bits per heavy atom. The molecule has 118 valence electrons. The Morgan fingerprint density at radius 1 is 1.45 bits per heavy atom. The number of carboxylic acid groups (broad SMARTS) is 1. The van der Waals surface area contributed by atoms with Crippen molar-refractivity contribution >= 4 is 16.0 Å². The number of carboxylic acids is 1. The number of hydrogen-bond acceptors (Lipinski definition) is 4. The van der Waals surface area contributed by atoms with Crippen LogP contribution in [0.25, 0.3) is 0 Å². The SMILES string of the molecule is COC(CC(C)C)CS(=O)(=O)N1CCC(C)(C(=O)O)C1. The predicted molar refractivity (Wildman–Crippen MR) is 76.0 cm³/mol. The molecule has 1 rings (SSSR count). The fourth-order valence-corrected chi connectivity index (χ4v) is 4.23. The van der Waals surface area contributed by atoms with Gasteiger partial charge in [-0.1, -0.05) is 13.8 Å². The van der Waals surface area contributed by atoms with Crippen LogP contribution in [0.15, 0.2) is 0 Å². The Bertz CT molecular complexity index is 448. The summed E-state index contributed by atoms with van der Waals surface area (Å²) < 4.78 is 31.2. The van der Waals surface area contributed by atoms with Crippen molar-refractivity contribution in [3.05, 3.63) is 0 Å². The molecular weight excluding hydrogens is 282 g/mol. The molecule has 6 nitrogen and oxygen atoms in total. The molecule has 1 aliphatic heterocycles. The zero-order valence-electron chi connectivity index (χ0n) is 12.6. The lowest BCUT2D eigenvalue weighted by Gasteiger charge is -2.23.